The number of benzene rings is 2. The molecule has 0 fully saturated rings. The highest BCUT2D eigenvalue weighted by Gasteiger charge is 2.18. The molecule has 14 heteroatoms. The molecule has 0 aliphatic rings. The van der Waals surface area contributed by atoms with Gasteiger partial charge in [-0.3, -0.25) is 19.9 Å². The van der Waals surface area contributed by atoms with E-state index < -0.39 is 15.8 Å². The monoisotopic (exact) mass is 633 g/mol. The number of anilines is 1. The Kier molecular flexibility index (Phi) is 7.27. The van der Waals surface area contributed by atoms with E-state index in [9.17, 15) is 17.6 Å². The molecule has 0 unspecified atom stereocenters. The number of amides is 1. The first kappa shape index (κ1) is 28.9. The number of hydrogen-bond donors (Lipinski definition) is 4. The van der Waals surface area contributed by atoms with Crippen LogP contribution in [0.3, 0.4) is 0 Å². The molecule has 0 saturated heterocycles. The summed E-state index contributed by atoms with van der Waals surface area (Å²) in [4.78, 5) is 34.1. The van der Waals surface area contributed by atoms with Crippen molar-refractivity contribution in [1.82, 2.24) is 39.8 Å². The Morgan fingerprint density at radius 3 is 2.52 bits per heavy atom. The van der Waals surface area contributed by atoms with Crippen molar-refractivity contribution in [3.8, 4) is 33.9 Å². The predicted octanol–water partition coefficient (Wildman–Crippen LogP) is 5.07. The van der Waals surface area contributed by atoms with E-state index in [2.05, 4.69) is 35.2 Å². The second-order valence-corrected chi connectivity index (χ2v) is 12.4. The number of aromatic nitrogens is 7. The number of hydrogen-bond acceptors (Lipinski definition) is 8. The maximum atomic E-state index is 14.6. The van der Waals surface area contributed by atoms with Crippen LogP contribution in [0.2, 0.25) is 0 Å². The van der Waals surface area contributed by atoms with Gasteiger partial charge < -0.3 is 10.3 Å². The minimum absolute atomic E-state index is 0.0656. The van der Waals surface area contributed by atoms with Crippen molar-refractivity contribution >= 4 is 43.7 Å². The molecular formula is C32H24FN9O3S. The van der Waals surface area contributed by atoms with E-state index >= 15 is 0 Å². The molecule has 228 valence electrons. The summed E-state index contributed by atoms with van der Waals surface area (Å²) in [7, 11) is -3.46. The number of fused-ring (bicyclic) bond motifs is 2. The zero-order valence-electron chi connectivity index (χ0n) is 24.1. The van der Waals surface area contributed by atoms with Crippen molar-refractivity contribution in [1.29, 1.82) is 0 Å². The van der Waals surface area contributed by atoms with Gasteiger partial charge >= 0.3 is 0 Å². The summed E-state index contributed by atoms with van der Waals surface area (Å²) in [6.45, 7) is -0.0656. The van der Waals surface area contributed by atoms with E-state index in [1.165, 1.54) is 12.1 Å². The van der Waals surface area contributed by atoms with Gasteiger partial charge in [-0.05, 0) is 59.7 Å². The molecule has 7 rings (SSSR count). The van der Waals surface area contributed by atoms with E-state index in [4.69, 9.17) is 9.97 Å². The number of halogens is 1. The van der Waals surface area contributed by atoms with Crippen LogP contribution in [0, 0.1) is 5.82 Å². The van der Waals surface area contributed by atoms with Crippen LogP contribution in [0.15, 0.2) is 91.5 Å². The average Bonchev–Trinajstić information content (AvgIpc) is 3.68. The zero-order chi connectivity index (χ0) is 31.8. The van der Waals surface area contributed by atoms with Crippen LogP contribution >= 0.6 is 0 Å². The number of nitrogens with zero attached hydrogens (tertiary/aromatic N) is 5. The summed E-state index contributed by atoms with van der Waals surface area (Å²) in [5, 5.41) is 10.3. The molecular weight excluding hydrogens is 609 g/mol. The summed E-state index contributed by atoms with van der Waals surface area (Å²) < 4.78 is 40.1. The first-order valence-corrected chi connectivity index (χ1v) is 15.8. The van der Waals surface area contributed by atoms with Gasteiger partial charge in [0, 0.05) is 35.6 Å². The number of rotatable bonds is 8. The second kappa shape index (κ2) is 11.6. The first-order valence-electron chi connectivity index (χ1n) is 14.0. The topological polar surface area (TPSA) is 171 Å². The summed E-state index contributed by atoms with van der Waals surface area (Å²) in [6.07, 6.45) is 7.44. The zero-order valence-corrected chi connectivity index (χ0v) is 24.9. The van der Waals surface area contributed by atoms with E-state index in [0.717, 1.165) is 6.26 Å². The molecule has 1 amide bonds. The van der Waals surface area contributed by atoms with Crippen LogP contribution in [0.1, 0.15) is 15.9 Å². The molecule has 0 saturated carbocycles. The Labute approximate surface area is 261 Å². The van der Waals surface area contributed by atoms with Crippen molar-refractivity contribution < 1.29 is 17.6 Å². The Bertz CT molecular complexity index is 2370. The number of carbonyl (C=O) groups excluding carboxylic acids is 1. The van der Waals surface area contributed by atoms with Crippen LogP contribution in [-0.2, 0) is 16.6 Å². The van der Waals surface area contributed by atoms with Gasteiger partial charge in [0.2, 0.25) is 10.0 Å². The van der Waals surface area contributed by atoms with Crippen molar-refractivity contribution in [2.45, 2.75) is 6.54 Å². The van der Waals surface area contributed by atoms with E-state index in [1.54, 1.807) is 61.2 Å². The summed E-state index contributed by atoms with van der Waals surface area (Å²) in [5.41, 5.74) is 6.61. The molecule has 4 N–H and O–H groups in total. The van der Waals surface area contributed by atoms with Crippen molar-refractivity contribution in [3.63, 3.8) is 0 Å². The number of aromatic amines is 2. The van der Waals surface area contributed by atoms with Gasteiger partial charge in [0.05, 0.1) is 46.6 Å². The lowest BCUT2D eigenvalue weighted by atomic mass is 10.0. The smallest absolute Gasteiger partial charge is 0.255 e. The lowest BCUT2D eigenvalue weighted by molar-refractivity contribution is 0.102. The van der Waals surface area contributed by atoms with Crippen LogP contribution in [0.25, 0.3) is 56.0 Å². The van der Waals surface area contributed by atoms with E-state index in [-0.39, 0.29) is 12.5 Å². The van der Waals surface area contributed by atoms with Crippen LogP contribution in [0.5, 0.6) is 0 Å². The summed E-state index contributed by atoms with van der Waals surface area (Å²) in [5.74, 6) is -0.361. The van der Waals surface area contributed by atoms with Crippen molar-refractivity contribution in [2.75, 3.05) is 11.6 Å². The third-order valence-corrected chi connectivity index (χ3v) is 7.83. The number of carbonyl (C=O) groups is 1. The van der Waals surface area contributed by atoms with Gasteiger partial charge in [-0.25, -0.2) is 27.5 Å². The molecule has 0 aliphatic carbocycles. The molecule has 0 spiro atoms. The normalized spacial score (nSPS) is 11.7. The largest absolute Gasteiger partial charge is 0.335 e. The fourth-order valence-corrected chi connectivity index (χ4v) is 5.47. The van der Waals surface area contributed by atoms with Gasteiger partial charge in [-0.1, -0.05) is 18.2 Å². The molecule has 12 nitrogen and oxygen atoms in total. The highest BCUT2D eigenvalue weighted by atomic mass is 32.2. The van der Waals surface area contributed by atoms with Gasteiger partial charge in [-0.15, -0.1) is 0 Å². The first-order chi connectivity index (χ1) is 22.2. The quantitative estimate of drug-likeness (QED) is 0.180. The Balaban J connectivity index is 1.22. The fourth-order valence-electron chi connectivity index (χ4n) is 5.04. The fraction of sp³-hybridized carbons (Fsp3) is 0.0625. The van der Waals surface area contributed by atoms with Crippen molar-refractivity contribution in [3.05, 3.63) is 108 Å². The number of H-pyrrole nitrogens is 2. The third-order valence-electron chi connectivity index (χ3n) is 7.16. The molecule has 0 atom stereocenters. The van der Waals surface area contributed by atoms with E-state index in [0.29, 0.717) is 72.8 Å². The standard InChI is InChI=1S/C32H24FN9O3S/c1-46(44,45)36-13-18-9-20(11-22(33)10-18)24-16-35-17-27-28(24)40-31(39-27)30-29-26(41-42-30)8-7-25(38-29)21-12-23(15-34-14-21)37-32(43)19-5-3-2-4-6-19/h2-12,14-17,36H,13H2,1H3,(H,37,43)(H,39,40)(H,41,42). The third kappa shape index (κ3) is 5.94. The van der Waals surface area contributed by atoms with Gasteiger partial charge in [0.25, 0.3) is 5.91 Å². The Morgan fingerprint density at radius 1 is 0.870 bits per heavy atom. The number of sulfonamides is 1. The number of imidazole rings is 1. The summed E-state index contributed by atoms with van der Waals surface area (Å²) >= 11 is 0. The van der Waals surface area contributed by atoms with E-state index in [1.807, 2.05) is 18.2 Å². The summed E-state index contributed by atoms with van der Waals surface area (Å²) in [6, 6.07) is 18.7. The Hall–Kier alpha value is -5.86. The minimum atomic E-state index is -3.46. The molecule has 0 bridgehead atoms. The molecule has 46 heavy (non-hydrogen) atoms. The lowest BCUT2D eigenvalue weighted by Gasteiger charge is -2.07. The lowest BCUT2D eigenvalue weighted by Crippen LogP contribution is -2.21. The van der Waals surface area contributed by atoms with Crippen LogP contribution < -0.4 is 10.0 Å². The number of nitrogens with one attached hydrogen (secondary N) is 4. The van der Waals surface area contributed by atoms with Gasteiger partial charge in [-0.2, -0.15) is 5.10 Å². The van der Waals surface area contributed by atoms with Gasteiger partial charge in [0.15, 0.2) is 11.5 Å². The average molecular weight is 634 g/mol. The Morgan fingerprint density at radius 2 is 1.70 bits per heavy atom. The molecule has 0 aliphatic heterocycles. The maximum Gasteiger partial charge on any atom is 0.255 e. The second-order valence-electron chi connectivity index (χ2n) is 10.6. The molecule has 5 aromatic heterocycles. The SMILES string of the molecule is CS(=O)(=O)NCc1cc(F)cc(-c2cncc3[nH]c(-c4n[nH]c5ccc(-c6cncc(NC(=O)c7ccccc7)c6)nc45)nc23)c1. The highest BCUT2D eigenvalue weighted by molar-refractivity contribution is 7.88. The van der Waals surface area contributed by atoms with Crippen LogP contribution in [-0.4, -0.2) is 55.7 Å². The predicted molar refractivity (Wildman–Crippen MR) is 171 cm³/mol. The minimum Gasteiger partial charge on any atom is -0.335 e. The van der Waals surface area contributed by atoms with Crippen molar-refractivity contribution in [2.24, 2.45) is 0 Å². The molecule has 7 aromatic rings. The maximum absolute atomic E-state index is 14.6. The van der Waals surface area contributed by atoms with Crippen LogP contribution in [0.4, 0.5) is 10.1 Å². The highest BCUT2D eigenvalue weighted by Crippen LogP contribution is 2.32. The van der Waals surface area contributed by atoms with Gasteiger partial charge in [0.1, 0.15) is 11.3 Å². The molecule has 0 radical (unpaired) electrons. The molecule has 2 aromatic carbocycles. The molecule has 5 heterocycles. The number of pyridine rings is 3.